The Bertz CT molecular complexity index is 1010. The van der Waals surface area contributed by atoms with Gasteiger partial charge in [0.25, 0.3) is 0 Å². The fourth-order valence-corrected chi connectivity index (χ4v) is 11.9. The first-order chi connectivity index (χ1) is 16.9. The summed E-state index contributed by atoms with van der Waals surface area (Å²) in [6.45, 7) is 13.1. The molecule has 0 N–H and O–H groups in total. The maximum atomic E-state index is 11.6. The normalized spacial score (nSPS) is 63.3. The minimum absolute atomic E-state index is 0.0756. The van der Waals surface area contributed by atoms with Gasteiger partial charge >= 0.3 is 5.97 Å². The number of esters is 1. The summed E-state index contributed by atoms with van der Waals surface area (Å²) in [5.74, 6) is 2.46. The summed E-state index contributed by atoms with van der Waals surface area (Å²) in [4.78, 5) is 11.6. The molecule has 4 aliphatic heterocycles. The van der Waals surface area contributed by atoms with Gasteiger partial charge in [-0.05, 0) is 101 Å². The topological polar surface area (TPSA) is 63.2 Å². The second-order valence-corrected chi connectivity index (χ2v) is 15.1. The van der Waals surface area contributed by atoms with Crippen molar-refractivity contribution >= 4 is 5.97 Å². The smallest absolute Gasteiger partial charge is 0.302 e. The van der Waals surface area contributed by atoms with E-state index < -0.39 is 11.4 Å². The largest absolute Gasteiger partial charge is 0.463 e. The predicted molar refractivity (Wildman–Crippen MR) is 131 cm³/mol. The van der Waals surface area contributed by atoms with Crippen molar-refractivity contribution in [3.63, 3.8) is 0 Å². The molecule has 2 spiro atoms. The number of hydrogen-bond donors (Lipinski definition) is 0. The molecule has 6 heteroatoms. The highest BCUT2D eigenvalue weighted by atomic mass is 16.8. The molecule has 4 heterocycles. The van der Waals surface area contributed by atoms with Gasteiger partial charge in [0.15, 0.2) is 12.1 Å². The molecule has 8 rings (SSSR count). The van der Waals surface area contributed by atoms with Crippen LogP contribution in [0.1, 0.15) is 92.9 Å². The Labute approximate surface area is 215 Å². The van der Waals surface area contributed by atoms with E-state index in [1.807, 2.05) is 0 Å². The van der Waals surface area contributed by atoms with Crippen LogP contribution in [0, 0.1) is 46.3 Å². The molecule has 0 radical (unpaired) electrons. The molecule has 4 saturated heterocycles. The van der Waals surface area contributed by atoms with Crippen molar-refractivity contribution in [1.82, 2.24) is 0 Å². The van der Waals surface area contributed by atoms with Crippen LogP contribution in [0.3, 0.4) is 0 Å². The molecular formula is C30H44O6. The maximum Gasteiger partial charge on any atom is 0.302 e. The van der Waals surface area contributed by atoms with E-state index in [1.165, 1.54) is 12.8 Å². The van der Waals surface area contributed by atoms with Crippen molar-refractivity contribution in [3.05, 3.63) is 0 Å². The van der Waals surface area contributed by atoms with Crippen LogP contribution in [-0.2, 0) is 28.5 Å². The average molecular weight is 501 g/mol. The highest BCUT2D eigenvalue weighted by Crippen LogP contribution is 2.80. The molecule has 200 valence electrons. The van der Waals surface area contributed by atoms with Crippen LogP contribution >= 0.6 is 0 Å². The zero-order chi connectivity index (χ0) is 25.0. The van der Waals surface area contributed by atoms with Crippen molar-refractivity contribution in [2.75, 3.05) is 0 Å². The van der Waals surface area contributed by atoms with Crippen molar-refractivity contribution in [2.45, 2.75) is 135 Å². The number of carbonyl (C=O) groups is 1. The fraction of sp³-hybridized carbons (Fsp3) is 0.967. The minimum Gasteiger partial charge on any atom is -0.463 e. The summed E-state index contributed by atoms with van der Waals surface area (Å²) in [5, 5.41) is 0. The van der Waals surface area contributed by atoms with Crippen LogP contribution in [0.15, 0.2) is 0 Å². The number of fused-ring (bicyclic) bond motifs is 7. The van der Waals surface area contributed by atoms with Gasteiger partial charge in [-0.15, -0.1) is 0 Å². The lowest BCUT2D eigenvalue weighted by Gasteiger charge is -2.60. The molecule has 0 aromatic carbocycles. The molecular weight excluding hydrogens is 456 g/mol. The van der Waals surface area contributed by atoms with E-state index in [-0.39, 0.29) is 47.0 Å². The zero-order valence-corrected chi connectivity index (χ0v) is 22.9. The molecule has 0 amide bonds. The molecule has 4 aliphatic carbocycles. The highest BCUT2D eigenvalue weighted by molar-refractivity contribution is 5.66. The highest BCUT2D eigenvalue weighted by Gasteiger charge is 2.86. The molecule has 2 bridgehead atoms. The van der Waals surface area contributed by atoms with Gasteiger partial charge in [0.1, 0.15) is 11.7 Å². The Morgan fingerprint density at radius 1 is 0.972 bits per heavy atom. The van der Waals surface area contributed by atoms with Crippen LogP contribution in [0.2, 0.25) is 0 Å². The van der Waals surface area contributed by atoms with Gasteiger partial charge in [0.2, 0.25) is 0 Å². The molecule has 36 heavy (non-hydrogen) atoms. The molecule has 3 unspecified atom stereocenters. The predicted octanol–water partition coefficient (Wildman–Crippen LogP) is 5.22. The summed E-state index contributed by atoms with van der Waals surface area (Å²) in [5.41, 5.74) is -0.327. The Balaban J connectivity index is 1.13. The van der Waals surface area contributed by atoms with E-state index in [9.17, 15) is 4.79 Å². The van der Waals surface area contributed by atoms with Crippen molar-refractivity contribution in [1.29, 1.82) is 0 Å². The molecule has 8 aliphatic rings. The standard InChI is InChI=1S/C30H44O6/c1-15-13-30(36-26(15,3)4)28(6)24-21(34-30)12-20-19-8-7-17-11-18(32-16(2)31)9-10-27(17,5)23(19)22-14-29(20,24)25(33-22)35-28/h15,17-25H,7-14H2,1-6H3/t15?,17-,18+,19-,20-,21-,22-,23+,24+,25?,27-,28+,29+,30?/m0/s1. The summed E-state index contributed by atoms with van der Waals surface area (Å²) in [6.07, 6.45) is 9.23. The van der Waals surface area contributed by atoms with E-state index in [2.05, 4.69) is 34.6 Å². The maximum absolute atomic E-state index is 11.6. The van der Waals surface area contributed by atoms with E-state index in [0.717, 1.165) is 38.5 Å². The Morgan fingerprint density at radius 3 is 2.50 bits per heavy atom. The van der Waals surface area contributed by atoms with Gasteiger partial charge in [0, 0.05) is 24.7 Å². The monoisotopic (exact) mass is 500 g/mol. The summed E-state index contributed by atoms with van der Waals surface area (Å²) >= 11 is 0. The first-order valence-corrected chi connectivity index (χ1v) is 14.8. The van der Waals surface area contributed by atoms with Gasteiger partial charge in [-0.2, -0.15) is 0 Å². The van der Waals surface area contributed by atoms with Gasteiger partial charge < -0.3 is 23.7 Å². The van der Waals surface area contributed by atoms with Gasteiger partial charge in [-0.1, -0.05) is 13.8 Å². The van der Waals surface area contributed by atoms with E-state index in [1.54, 1.807) is 6.92 Å². The van der Waals surface area contributed by atoms with Crippen LogP contribution in [0.25, 0.3) is 0 Å². The average Bonchev–Trinajstić information content (AvgIpc) is 3.46. The van der Waals surface area contributed by atoms with Gasteiger partial charge in [-0.25, -0.2) is 0 Å². The second kappa shape index (κ2) is 6.71. The lowest BCUT2D eigenvalue weighted by molar-refractivity contribution is -0.319. The van der Waals surface area contributed by atoms with Crippen molar-refractivity contribution in [2.24, 2.45) is 46.3 Å². The third kappa shape index (κ3) is 2.44. The van der Waals surface area contributed by atoms with Crippen molar-refractivity contribution in [3.8, 4) is 0 Å². The first kappa shape index (κ1) is 23.2. The summed E-state index contributed by atoms with van der Waals surface area (Å²) in [6, 6.07) is 0. The summed E-state index contributed by atoms with van der Waals surface area (Å²) in [7, 11) is 0. The van der Waals surface area contributed by atoms with Gasteiger partial charge in [-0.3, -0.25) is 4.79 Å². The Hall–Kier alpha value is -0.690. The van der Waals surface area contributed by atoms with Gasteiger partial charge in [0.05, 0.1) is 17.8 Å². The molecule has 0 aromatic heterocycles. The van der Waals surface area contributed by atoms with E-state index in [4.69, 9.17) is 23.7 Å². The molecule has 6 nitrogen and oxygen atoms in total. The third-order valence-electron chi connectivity index (χ3n) is 13.5. The Kier molecular flexibility index (Phi) is 4.33. The summed E-state index contributed by atoms with van der Waals surface area (Å²) < 4.78 is 33.7. The number of hydrogen-bond acceptors (Lipinski definition) is 6. The Morgan fingerprint density at radius 2 is 1.78 bits per heavy atom. The fourth-order valence-electron chi connectivity index (χ4n) is 11.9. The van der Waals surface area contributed by atoms with Crippen LogP contribution in [0.4, 0.5) is 0 Å². The van der Waals surface area contributed by atoms with Crippen molar-refractivity contribution < 1.29 is 28.5 Å². The molecule has 4 saturated carbocycles. The molecule has 8 fully saturated rings. The number of rotatable bonds is 1. The number of carbonyl (C=O) groups excluding carboxylic acids is 1. The lowest BCUT2D eigenvalue weighted by atomic mass is 9.44. The quantitative estimate of drug-likeness (QED) is 0.460. The third-order valence-corrected chi connectivity index (χ3v) is 13.5. The SMILES string of the molecule is CC(=O)O[C@@H]1CC[C@@]2(C)[C@@H](CC[C@@H]3[C@@H]2[C@@H]2C[C@]45C(O2)O[C@]2(C)[C@H]4[C@H](C[C@@H]35)OC23CC(C)C(C)(C)O3)C1. The molecule has 14 atom stereocenters. The number of ether oxygens (including phenoxy) is 5. The minimum atomic E-state index is -0.649. The van der Waals surface area contributed by atoms with Crippen LogP contribution in [0.5, 0.6) is 0 Å². The zero-order valence-electron chi connectivity index (χ0n) is 22.9. The van der Waals surface area contributed by atoms with E-state index >= 15 is 0 Å². The van der Waals surface area contributed by atoms with Crippen LogP contribution in [-0.4, -0.2) is 47.6 Å². The molecule has 0 aromatic rings. The van der Waals surface area contributed by atoms with E-state index in [0.29, 0.717) is 35.5 Å². The first-order valence-electron chi connectivity index (χ1n) is 14.8. The van der Waals surface area contributed by atoms with Crippen LogP contribution < -0.4 is 0 Å². The lowest BCUT2D eigenvalue weighted by Crippen LogP contribution is -2.59. The second-order valence-electron chi connectivity index (χ2n) is 15.1.